The molecule has 136 valence electrons. The van der Waals surface area contributed by atoms with Crippen LogP contribution in [0.1, 0.15) is 35.1 Å². The number of para-hydroxylation sites is 2. The fourth-order valence-corrected chi connectivity index (χ4v) is 3.97. The molecule has 1 aliphatic heterocycles. The van der Waals surface area contributed by atoms with Crippen LogP contribution in [-0.4, -0.2) is 47.8 Å². The first-order valence-electron chi connectivity index (χ1n) is 9.21. The Morgan fingerprint density at radius 2 is 1.93 bits per heavy atom. The summed E-state index contributed by atoms with van der Waals surface area (Å²) in [4.78, 5) is 28.1. The van der Waals surface area contributed by atoms with Gasteiger partial charge in [-0.1, -0.05) is 12.1 Å². The summed E-state index contributed by atoms with van der Waals surface area (Å²) >= 11 is 0. The molecule has 27 heavy (non-hydrogen) atoms. The maximum atomic E-state index is 12.8. The van der Waals surface area contributed by atoms with Crippen molar-refractivity contribution in [1.82, 2.24) is 28.8 Å². The summed E-state index contributed by atoms with van der Waals surface area (Å²) in [7, 11) is 2.08. The van der Waals surface area contributed by atoms with Gasteiger partial charge in [0.05, 0.1) is 11.0 Å². The van der Waals surface area contributed by atoms with Gasteiger partial charge in [0.2, 0.25) is 5.78 Å². The van der Waals surface area contributed by atoms with Crippen molar-refractivity contribution >= 4 is 22.7 Å². The number of aryl methyl sites for hydroxylation is 1. The van der Waals surface area contributed by atoms with Crippen LogP contribution in [0.25, 0.3) is 16.8 Å². The number of amides is 1. The molecule has 0 saturated carbocycles. The Hall–Kier alpha value is -3.22. The summed E-state index contributed by atoms with van der Waals surface area (Å²) in [5.41, 5.74) is 2.64. The smallest absolute Gasteiger partial charge is 0.274 e. The SMILES string of the molecule is Cn1c(C2CCN(C(=O)c3cn4cccnc4n3)CC2)nc2ccccc21. The third-order valence-corrected chi connectivity index (χ3v) is 5.42. The lowest BCUT2D eigenvalue weighted by atomic mass is 9.95. The van der Waals surface area contributed by atoms with Gasteiger partial charge in [0.1, 0.15) is 11.5 Å². The number of fused-ring (bicyclic) bond motifs is 2. The zero-order valence-electron chi connectivity index (χ0n) is 15.1. The molecule has 7 heteroatoms. The fourth-order valence-electron chi connectivity index (χ4n) is 3.97. The van der Waals surface area contributed by atoms with E-state index in [0.29, 0.717) is 30.5 Å². The largest absolute Gasteiger partial charge is 0.337 e. The van der Waals surface area contributed by atoms with Crippen molar-refractivity contribution in [3.63, 3.8) is 0 Å². The van der Waals surface area contributed by atoms with Crippen molar-refractivity contribution in [1.29, 1.82) is 0 Å². The minimum Gasteiger partial charge on any atom is -0.337 e. The second kappa shape index (κ2) is 6.19. The Morgan fingerprint density at radius 3 is 2.70 bits per heavy atom. The monoisotopic (exact) mass is 360 g/mol. The van der Waals surface area contributed by atoms with Crippen LogP contribution < -0.4 is 0 Å². The van der Waals surface area contributed by atoms with Crippen molar-refractivity contribution in [2.75, 3.05) is 13.1 Å². The van der Waals surface area contributed by atoms with Gasteiger partial charge < -0.3 is 9.47 Å². The van der Waals surface area contributed by atoms with Crippen LogP contribution in [0.5, 0.6) is 0 Å². The molecule has 3 aromatic heterocycles. The highest BCUT2D eigenvalue weighted by Gasteiger charge is 2.28. The quantitative estimate of drug-likeness (QED) is 0.551. The number of rotatable bonds is 2. The second-order valence-electron chi connectivity index (χ2n) is 7.04. The first kappa shape index (κ1) is 16.0. The van der Waals surface area contributed by atoms with Gasteiger partial charge in [-0.25, -0.2) is 15.0 Å². The molecule has 5 rings (SSSR count). The average Bonchev–Trinajstić information content (AvgIpc) is 3.29. The second-order valence-corrected chi connectivity index (χ2v) is 7.04. The van der Waals surface area contributed by atoms with Crippen LogP contribution in [-0.2, 0) is 7.05 Å². The number of likely N-dealkylation sites (tertiary alicyclic amines) is 1. The number of hydrogen-bond acceptors (Lipinski definition) is 4. The van der Waals surface area contributed by atoms with Gasteiger partial charge in [-0.2, -0.15) is 0 Å². The first-order chi connectivity index (χ1) is 13.2. The summed E-state index contributed by atoms with van der Waals surface area (Å²) in [5, 5.41) is 0. The number of hydrogen-bond donors (Lipinski definition) is 0. The molecule has 0 spiro atoms. The van der Waals surface area contributed by atoms with E-state index in [-0.39, 0.29) is 5.91 Å². The molecular formula is C20H20N6O. The molecule has 1 saturated heterocycles. The van der Waals surface area contributed by atoms with Crippen molar-refractivity contribution < 1.29 is 4.79 Å². The number of carbonyl (C=O) groups is 1. The maximum Gasteiger partial charge on any atom is 0.274 e. The third kappa shape index (κ3) is 2.66. The Labute approximate surface area is 156 Å². The number of nitrogens with zero attached hydrogens (tertiary/aromatic N) is 6. The van der Waals surface area contributed by atoms with Gasteiger partial charge in [0.15, 0.2) is 0 Å². The minimum atomic E-state index is -0.0241. The highest BCUT2D eigenvalue weighted by molar-refractivity contribution is 5.92. The van der Waals surface area contributed by atoms with Gasteiger partial charge >= 0.3 is 0 Å². The molecule has 0 atom stereocenters. The molecule has 1 amide bonds. The summed E-state index contributed by atoms with van der Waals surface area (Å²) in [6.07, 6.45) is 7.11. The molecule has 0 bridgehead atoms. The molecule has 0 N–H and O–H groups in total. The summed E-state index contributed by atoms with van der Waals surface area (Å²) in [5.74, 6) is 2.01. The van der Waals surface area contributed by atoms with Crippen molar-refractivity contribution in [2.24, 2.45) is 7.05 Å². The normalized spacial score (nSPS) is 15.7. The maximum absolute atomic E-state index is 12.8. The van der Waals surface area contributed by atoms with Gasteiger partial charge in [-0.05, 0) is 31.0 Å². The molecule has 4 heterocycles. The third-order valence-electron chi connectivity index (χ3n) is 5.42. The van der Waals surface area contributed by atoms with Crippen LogP contribution >= 0.6 is 0 Å². The lowest BCUT2D eigenvalue weighted by Gasteiger charge is -2.31. The molecule has 4 aromatic rings. The van der Waals surface area contributed by atoms with E-state index in [0.717, 1.165) is 29.7 Å². The highest BCUT2D eigenvalue weighted by atomic mass is 16.2. The van der Waals surface area contributed by atoms with E-state index in [9.17, 15) is 4.79 Å². The molecular weight excluding hydrogens is 340 g/mol. The molecule has 0 radical (unpaired) electrons. The summed E-state index contributed by atoms with van der Waals surface area (Å²) in [6.45, 7) is 1.43. The molecule has 1 aliphatic rings. The highest BCUT2D eigenvalue weighted by Crippen LogP contribution is 2.30. The van der Waals surface area contributed by atoms with E-state index in [1.165, 1.54) is 0 Å². The number of aromatic nitrogens is 5. The van der Waals surface area contributed by atoms with Gasteiger partial charge in [0, 0.05) is 44.6 Å². The van der Waals surface area contributed by atoms with Gasteiger partial charge in [-0.3, -0.25) is 9.20 Å². The van der Waals surface area contributed by atoms with E-state index in [1.807, 2.05) is 29.3 Å². The molecule has 7 nitrogen and oxygen atoms in total. The zero-order chi connectivity index (χ0) is 18.4. The molecule has 0 aliphatic carbocycles. The Morgan fingerprint density at radius 1 is 1.11 bits per heavy atom. The first-order valence-corrected chi connectivity index (χ1v) is 9.21. The number of piperidine rings is 1. The number of benzene rings is 1. The zero-order valence-corrected chi connectivity index (χ0v) is 15.1. The standard InChI is InChI=1S/C20H20N6O/c1-24-17-6-3-2-5-15(17)22-18(24)14-7-11-25(12-8-14)19(27)16-13-26-10-4-9-21-20(26)23-16/h2-6,9-10,13-14H,7-8,11-12H2,1H3. The predicted molar refractivity (Wildman–Crippen MR) is 102 cm³/mol. The Balaban J connectivity index is 1.33. The lowest BCUT2D eigenvalue weighted by molar-refractivity contribution is 0.0705. The topological polar surface area (TPSA) is 68.3 Å². The Bertz CT molecular complexity index is 1100. The minimum absolute atomic E-state index is 0.0241. The fraction of sp³-hybridized carbons (Fsp3) is 0.300. The number of imidazole rings is 2. The van der Waals surface area contributed by atoms with Crippen LogP contribution in [0.3, 0.4) is 0 Å². The van der Waals surface area contributed by atoms with Crippen LogP contribution in [0.4, 0.5) is 0 Å². The van der Waals surface area contributed by atoms with E-state index in [4.69, 9.17) is 4.98 Å². The van der Waals surface area contributed by atoms with Crippen LogP contribution in [0.15, 0.2) is 48.9 Å². The predicted octanol–water partition coefficient (Wildman–Crippen LogP) is 2.64. The van der Waals surface area contributed by atoms with Gasteiger partial charge in [-0.15, -0.1) is 0 Å². The van der Waals surface area contributed by atoms with Crippen molar-refractivity contribution in [2.45, 2.75) is 18.8 Å². The average molecular weight is 360 g/mol. The van der Waals surface area contributed by atoms with E-state index >= 15 is 0 Å². The Kier molecular flexibility index (Phi) is 3.67. The summed E-state index contributed by atoms with van der Waals surface area (Å²) < 4.78 is 3.96. The van der Waals surface area contributed by atoms with Crippen LogP contribution in [0.2, 0.25) is 0 Å². The van der Waals surface area contributed by atoms with Crippen molar-refractivity contribution in [3.8, 4) is 0 Å². The lowest BCUT2D eigenvalue weighted by Crippen LogP contribution is -2.38. The molecule has 1 fully saturated rings. The van der Waals surface area contributed by atoms with Crippen molar-refractivity contribution in [3.05, 3.63) is 60.4 Å². The molecule has 0 unspecified atom stereocenters. The number of carbonyl (C=O) groups excluding carboxylic acids is 1. The van der Waals surface area contributed by atoms with E-state index < -0.39 is 0 Å². The summed E-state index contributed by atoms with van der Waals surface area (Å²) in [6, 6.07) is 10.0. The van der Waals surface area contributed by atoms with E-state index in [2.05, 4.69) is 33.7 Å². The van der Waals surface area contributed by atoms with Crippen LogP contribution in [0, 0.1) is 0 Å². The van der Waals surface area contributed by atoms with Gasteiger partial charge in [0.25, 0.3) is 5.91 Å². The molecule has 1 aromatic carbocycles. The van der Waals surface area contributed by atoms with E-state index in [1.54, 1.807) is 16.8 Å².